The van der Waals surface area contributed by atoms with Gasteiger partial charge >= 0.3 is 0 Å². The number of nitrogens with one attached hydrogen (secondary N) is 1. The lowest BCUT2D eigenvalue weighted by molar-refractivity contribution is -0.124. The van der Waals surface area contributed by atoms with E-state index in [0.717, 1.165) is 6.42 Å². The number of nitrogens with two attached hydrogens (primary N) is 1. The summed E-state index contributed by atoms with van der Waals surface area (Å²) in [6, 6.07) is 4.17. The first-order valence-corrected chi connectivity index (χ1v) is 5.14. The van der Waals surface area contributed by atoms with Crippen molar-refractivity contribution in [1.29, 1.82) is 0 Å². The highest BCUT2D eigenvalue weighted by Gasteiger charge is 2.23. The number of amides is 1. The van der Waals surface area contributed by atoms with Gasteiger partial charge in [0.1, 0.15) is 11.9 Å². The summed E-state index contributed by atoms with van der Waals surface area (Å²) in [5.41, 5.74) is 5.79. The normalized spacial score (nSPS) is 19.7. The highest BCUT2D eigenvalue weighted by molar-refractivity contribution is 5.94. The van der Waals surface area contributed by atoms with Gasteiger partial charge in [-0.25, -0.2) is 4.39 Å². The lowest BCUT2D eigenvalue weighted by atomic mass is 10.2. The number of nitrogen functional groups attached to an aromatic ring is 1. The van der Waals surface area contributed by atoms with E-state index in [1.807, 2.05) is 0 Å². The van der Waals surface area contributed by atoms with Crippen molar-refractivity contribution in [2.45, 2.75) is 18.9 Å². The molecule has 4 nitrogen and oxygen atoms in total. The Morgan fingerprint density at radius 3 is 3.00 bits per heavy atom. The van der Waals surface area contributed by atoms with Gasteiger partial charge in [-0.3, -0.25) is 4.79 Å². The number of hydrogen-bond donors (Lipinski definition) is 2. The van der Waals surface area contributed by atoms with Crippen molar-refractivity contribution in [3.63, 3.8) is 0 Å². The summed E-state index contributed by atoms with van der Waals surface area (Å²) in [5, 5.41) is 2.59. The Hall–Kier alpha value is -1.62. The number of anilines is 2. The smallest absolute Gasteiger partial charge is 0.253 e. The molecule has 1 aliphatic heterocycles. The lowest BCUT2D eigenvalue weighted by Gasteiger charge is -2.10. The van der Waals surface area contributed by atoms with E-state index < -0.39 is 11.9 Å². The molecule has 3 N–H and O–H groups in total. The summed E-state index contributed by atoms with van der Waals surface area (Å²) in [7, 11) is 0. The summed E-state index contributed by atoms with van der Waals surface area (Å²) in [5.74, 6) is -0.771. The van der Waals surface area contributed by atoms with Gasteiger partial charge in [0, 0.05) is 12.3 Å². The molecule has 0 aromatic heterocycles. The van der Waals surface area contributed by atoms with Crippen LogP contribution in [0.5, 0.6) is 0 Å². The fraction of sp³-hybridized carbons (Fsp3) is 0.364. The van der Waals surface area contributed by atoms with E-state index in [0.29, 0.717) is 18.7 Å². The Kier molecular flexibility index (Phi) is 3.05. The van der Waals surface area contributed by atoms with E-state index in [1.54, 1.807) is 6.07 Å². The second kappa shape index (κ2) is 4.49. The van der Waals surface area contributed by atoms with E-state index in [4.69, 9.17) is 10.5 Å². The standard InChI is InChI=1S/C11H13FN2O2/c12-8-6-7(3-4-9(8)13)14-11(15)10-2-1-5-16-10/h3-4,6,10H,1-2,5,13H2,(H,14,15). The minimum atomic E-state index is -0.537. The summed E-state index contributed by atoms with van der Waals surface area (Å²) < 4.78 is 18.3. The first kappa shape index (κ1) is 10.9. The molecule has 1 heterocycles. The van der Waals surface area contributed by atoms with Crippen molar-refractivity contribution in [2.24, 2.45) is 0 Å². The van der Waals surface area contributed by atoms with Crippen LogP contribution in [0.4, 0.5) is 15.8 Å². The molecule has 0 radical (unpaired) electrons. The number of benzene rings is 1. The zero-order chi connectivity index (χ0) is 11.5. The second-order valence-electron chi connectivity index (χ2n) is 3.73. The topological polar surface area (TPSA) is 64.3 Å². The minimum absolute atomic E-state index is 0.0649. The summed E-state index contributed by atoms with van der Waals surface area (Å²) in [6.45, 7) is 0.605. The first-order valence-electron chi connectivity index (χ1n) is 5.14. The van der Waals surface area contributed by atoms with Crippen LogP contribution in [-0.2, 0) is 9.53 Å². The molecule has 1 aromatic carbocycles. The van der Waals surface area contributed by atoms with E-state index in [2.05, 4.69) is 5.32 Å². The number of ether oxygens (including phenoxy) is 1. The molecule has 1 unspecified atom stereocenters. The molecule has 0 saturated carbocycles. The Morgan fingerprint density at radius 2 is 2.38 bits per heavy atom. The number of carbonyl (C=O) groups is 1. The fourth-order valence-electron chi connectivity index (χ4n) is 1.61. The molecule has 1 aliphatic rings. The third kappa shape index (κ3) is 2.30. The Balaban J connectivity index is 2.02. The van der Waals surface area contributed by atoms with Gasteiger partial charge in [0.2, 0.25) is 0 Å². The molecule has 5 heteroatoms. The van der Waals surface area contributed by atoms with E-state index >= 15 is 0 Å². The molecule has 0 spiro atoms. The molecule has 1 fully saturated rings. The van der Waals surface area contributed by atoms with Crippen molar-refractivity contribution in [3.05, 3.63) is 24.0 Å². The van der Waals surface area contributed by atoms with Crippen LogP contribution < -0.4 is 11.1 Å². The molecule has 16 heavy (non-hydrogen) atoms. The molecular weight excluding hydrogens is 211 g/mol. The van der Waals surface area contributed by atoms with Crippen LogP contribution in [0.25, 0.3) is 0 Å². The van der Waals surface area contributed by atoms with E-state index in [9.17, 15) is 9.18 Å². The fourth-order valence-corrected chi connectivity index (χ4v) is 1.61. The van der Waals surface area contributed by atoms with Crippen LogP contribution in [0.15, 0.2) is 18.2 Å². The largest absolute Gasteiger partial charge is 0.396 e. The van der Waals surface area contributed by atoms with Crippen LogP contribution >= 0.6 is 0 Å². The van der Waals surface area contributed by atoms with Crippen molar-refractivity contribution in [2.75, 3.05) is 17.7 Å². The molecule has 86 valence electrons. The van der Waals surface area contributed by atoms with Gasteiger partial charge in [-0.15, -0.1) is 0 Å². The molecule has 0 bridgehead atoms. The van der Waals surface area contributed by atoms with E-state index in [-0.39, 0.29) is 11.6 Å². The highest BCUT2D eigenvalue weighted by atomic mass is 19.1. The van der Waals surface area contributed by atoms with Crippen molar-refractivity contribution in [3.8, 4) is 0 Å². The molecular formula is C11H13FN2O2. The zero-order valence-corrected chi connectivity index (χ0v) is 8.70. The van der Waals surface area contributed by atoms with Crippen molar-refractivity contribution in [1.82, 2.24) is 0 Å². The summed E-state index contributed by atoms with van der Waals surface area (Å²) >= 11 is 0. The van der Waals surface area contributed by atoms with Crippen LogP contribution in [0.2, 0.25) is 0 Å². The molecule has 1 aromatic rings. The maximum Gasteiger partial charge on any atom is 0.253 e. The average Bonchev–Trinajstić information content (AvgIpc) is 2.77. The van der Waals surface area contributed by atoms with Crippen LogP contribution in [-0.4, -0.2) is 18.6 Å². The van der Waals surface area contributed by atoms with Gasteiger partial charge in [0.05, 0.1) is 5.69 Å². The molecule has 1 amide bonds. The minimum Gasteiger partial charge on any atom is -0.396 e. The number of carbonyl (C=O) groups excluding carboxylic acids is 1. The predicted molar refractivity (Wildman–Crippen MR) is 58.4 cm³/mol. The quantitative estimate of drug-likeness (QED) is 0.749. The molecule has 1 saturated heterocycles. The summed E-state index contributed by atoms with van der Waals surface area (Å²) in [4.78, 5) is 11.6. The highest BCUT2D eigenvalue weighted by Crippen LogP contribution is 2.18. The van der Waals surface area contributed by atoms with Crippen LogP contribution in [0.3, 0.4) is 0 Å². The maximum atomic E-state index is 13.1. The Morgan fingerprint density at radius 1 is 1.56 bits per heavy atom. The third-order valence-corrected chi connectivity index (χ3v) is 2.49. The zero-order valence-electron chi connectivity index (χ0n) is 8.70. The van der Waals surface area contributed by atoms with Gasteiger partial charge in [-0.1, -0.05) is 0 Å². The van der Waals surface area contributed by atoms with Gasteiger partial charge < -0.3 is 15.8 Å². The number of hydrogen-bond acceptors (Lipinski definition) is 3. The Labute approximate surface area is 92.6 Å². The number of halogens is 1. The van der Waals surface area contributed by atoms with Crippen LogP contribution in [0.1, 0.15) is 12.8 Å². The SMILES string of the molecule is Nc1ccc(NC(=O)C2CCCO2)cc1F. The van der Waals surface area contributed by atoms with Crippen molar-refractivity contribution < 1.29 is 13.9 Å². The van der Waals surface area contributed by atoms with Gasteiger partial charge in [0.25, 0.3) is 5.91 Å². The molecule has 2 rings (SSSR count). The maximum absolute atomic E-state index is 13.1. The van der Waals surface area contributed by atoms with Crippen molar-refractivity contribution >= 4 is 17.3 Å². The first-order chi connectivity index (χ1) is 7.66. The molecule has 1 atom stereocenters. The monoisotopic (exact) mass is 224 g/mol. The van der Waals surface area contributed by atoms with Crippen LogP contribution in [0, 0.1) is 5.82 Å². The van der Waals surface area contributed by atoms with Gasteiger partial charge in [0.15, 0.2) is 0 Å². The number of rotatable bonds is 2. The van der Waals surface area contributed by atoms with E-state index in [1.165, 1.54) is 12.1 Å². The average molecular weight is 224 g/mol. The van der Waals surface area contributed by atoms with Gasteiger partial charge in [-0.05, 0) is 31.0 Å². The third-order valence-electron chi connectivity index (χ3n) is 2.49. The predicted octanol–water partition coefficient (Wildman–Crippen LogP) is 1.53. The molecule has 0 aliphatic carbocycles. The lowest BCUT2D eigenvalue weighted by Crippen LogP contribution is -2.26. The summed E-state index contributed by atoms with van der Waals surface area (Å²) in [6.07, 6.45) is 1.18. The second-order valence-corrected chi connectivity index (χ2v) is 3.73. The van der Waals surface area contributed by atoms with Gasteiger partial charge in [-0.2, -0.15) is 0 Å². The Bertz CT molecular complexity index is 403.